The van der Waals surface area contributed by atoms with E-state index in [0.717, 1.165) is 50.2 Å². The van der Waals surface area contributed by atoms with Gasteiger partial charge in [0, 0.05) is 43.0 Å². The Hall–Kier alpha value is -6.65. The third-order valence-electron chi connectivity index (χ3n) is 13.8. The zero-order valence-electron chi connectivity index (χ0n) is 45.2. The summed E-state index contributed by atoms with van der Waals surface area (Å²) in [4.78, 5) is 21.1. The van der Waals surface area contributed by atoms with Gasteiger partial charge in [-0.15, -0.1) is 23.8 Å². The van der Waals surface area contributed by atoms with Crippen LogP contribution in [0.2, 0.25) is 0 Å². The smallest absolute Gasteiger partial charge is 0.165 e. The predicted molar refractivity (Wildman–Crippen MR) is 304 cm³/mol. The Bertz CT molecular complexity index is 3250. The molecule has 2 heterocycles. The van der Waals surface area contributed by atoms with E-state index in [1.165, 1.54) is 55.6 Å². The summed E-state index contributed by atoms with van der Waals surface area (Å²) in [7, 11) is 0. The number of pyridine rings is 1. The maximum absolute atomic E-state index is 5.34. The molecule has 371 valence electrons. The Balaban J connectivity index is 0.00000711. The van der Waals surface area contributed by atoms with Crippen molar-refractivity contribution in [1.29, 1.82) is 0 Å². The van der Waals surface area contributed by atoms with Crippen LogP contribution in [0.3, 0.4) is 0 Å². The van der Waals surface area contributed by atoms with E-state index < -0.39 is 0 Å². The van der Waals surface area contributed by atoms with Crippen LogP contribution in [0.15, 0.2) is 164 Å². The van der Waals surface area contributed by atoms with Gasteiger partial charge in [-0.25, -0.2) is 15.0 Å². The van der Waals surface area contributed by atoms with Crippen molar-refractivity contribution in [2.24, 2.45) is 0 Å². The molecular weight excluding hydrogens is 1060 g/mol. The SMILES string of the molecule is Cc1cc(C)cc(-c2ccccc2-c2c[c-]c(-c3ccc(-c4nc(-c5cc(C(C)(C)C)cc(C(C)(C)C)c5)nc(-c5cc(C(C)(C)C)cc(C(C)(C)C)c5)n4)cn3)cc2-c2ccc(-c3ccccc3)cc2)c1.[Ir]. The number of rotatable bonds is 8. The molecule has 9 aromatic rings. The molecule has 1 radical (unpaired) electrons. The molecule has 4 nitrogen and oxygen atoms in total. The zero-order valence-corrected chi connectivity index (χ0v) is 47.6. The minimum absolute atomic E-state index is 0. The molecule has 0 fully saturated rings. The molecule has 0 aliphatic heterocycles. The second kappa shape index (κ2) is 20.3. The van der Waals surface area contributed by atoms with E-state index in [1.807, 2.05) is 6.20 Å². The maximum atomic E-state index is 5.34. The van der Waals surface area contributed by atoms with Crippen molar-refractivity contribution in [3.05, 3.63) is 203 Å². The van der Waals surface area contributed by atoms with Crippen LogP contribution in [-0.4, -0.2) is 19.9 Å². The molecule has 0 saturated carbocycles. The third kappa shape index (κ3) is 11.8. The molecule has 0 bridgehead atoms. The molecule has 0 atom stereocenters. The van der Waals surface area contributed by atoms with Gasteiger partial charge < -0.3 is 4.98 Å². The minimum atomic E-state index is -0.0820. The van der Waals surface area contributed by atoms with Crippen molar-refractivity contribution in [3.8, 4) is 89.9 Å². The van der Waals surface area contributed by atoms with Gasteiger partial charge in [0.05, 0.1) is 0 Å². The first-order valence-electron chi connectivity index (χ1n) is 25.4. The Morgan fingerprint density at radius 2 is 0.767 bits per heavy atom. The standard InChI is InChI=1S/C68H69N4.Ir/c1-43-32-44(2)34-50(33-43)57-22-18-19-23-58(57)59-30-28-48(39-60(59)47-26-24-46(25-27-47)45-20-16-15-17-21-45)61-31-29-49(42-69-61)62-70-63(51-35-53(65(3,4)5)40-54(36-51)66(6,7)8)72-64(71-62)52-37-55(67(9,10)11)41-56(38-52)68(12,13)14;/h15-27,29-42H,1-14H3;/q-1;. The van der Waals surface area contributed by atoms with Crippen LogP contribution in [0.4, 0.5) is 0 Å². The summed E-state index contributed by atoms with van der Waals surface area (Å²) in [5.41, 5.74) is 20.8. The molecule has 5 heteroatoms. The van der Waals surface area contributed by atoms with E-state index in [1.54, 1.807) is 0 Å². The molecule has 0 aliphatic rings. The summed E-state index contributed by atoms with van der Waals surface area (Å²) in [6, 6.07) is 60.9. The molecule has 73 heavy (non-hydrogen) atoms. The van der Waals surface area contributed by atoms with Crippen LogP contribution in [0.5, 0.6) is 0 Å². The zero-order chi connectivity index (χ0) is 51.3. The molecular formula is C68H69IrN4-. The van der Waals surface area contributed by atoms with Gasteiger partial charge >= 0.3 is 0 Å². The molecule has 0 aliphatic carbocycles. The Labute approximate surface area is 449 Å². The largest absolute Gasteiger partial charge is 0.304 e. The van der Waals surface area contributed by atoms with E-state index in [2.05, 4.69) is 261 Å². The summed E-state index contributed by atoms with van der Waals surface area (Å²) >= 11 is 0. The molecule has 7 aromatic carbocycles. The number of aromatic nitrogens is 4. The summed E-state index contributed by atoms with van der Waals surface area (Å²) in [6.45, 7) is 31.5. The fourth-order valence-corrected chi connectivity index (χ4v) is 9.37. The summed E-state index contributed by atoms with van der Waals surface area (Å²) < 4.78 is 0. The second-order valence-corrected chi connectivity index (χ2v) is 23.9. The summed E-state index contributed by atoms with van der Waals surface area (Å²) in [6.07, 6.45) is 1.90. The molecule has 0 unspecified atom stereocenters. The van der Waals surface area contributed by atoms with Gasteiger partial charge in [-0.05, 0) is 116 Å². The van der Waals surface area contributed by atoms with Crippen molar-refractivity contribution >= 4 is 0 Å². The normalized spacial score (nSPS) is 12.1. The number of hydrogen-bond donors (Lipinski definition) is 0. The van der Waals surface area contributed by atoms with Gasteiger partial charge in [0.1, 0.15) is 0 Å². The van der Waals surface area contributed by atoms with Crippen LogP contribution in [0.25, 0.3) is 89.9 Å². The Kier molecular flexibility index (Phi) is 14.7. The summed E-state index contributed by atoms with van der Waals surface area (Å²) in [5, 5.41) is 0. The topological polar surface area (TPSA) is 51.6 Å². The van der Waals surface area contributed by atoms with Crippen LogP contribution in [-0.2, 0) is 41.8 Å². The Morgan fingerprint density at radius 3 is 1.23 bits per heavy atom. The van der Waals surface area contributed by atoms with Crippen molar-refractivity contribution in [3.63, 3.8) is 0 Å². The van der Waals surface area contributed by atoms with Crippen LogP contribution >= 0.6 is 0 Å². The number of aryl methyl sites for hydroxylation is 2. The number of benzene rings is 7. The van der Waals surface area contributed by atoms with E-state index in [0.29, 0.717) is 17.5 Å². The molecule has 0 spiro atoms. The number of hydrogen-bond acceptors (Lipinski definition) is 4. The Morgan fingerprint density at radius 1 is 0.342 bits per heavy atom. The van der Waals surface area contributed by atoms with Gasteiger partial charge in [-0.2, -0.15) is 0 Å². The van der Waals surface area contributed by atoms with Crippen molar-refractivity contribution in [2.75, 3.05) is 0 Å². The van der Waals surface area contributed by atoms with E-state index >= 15 is 0 Å². The van der Waals surface area contributed by atoms with Gasteiger partial charge in [0.15, 0.2) is 17.5 Å². The van der Waals surface area contributed by atoms with E-state index in [4.69, 9.17) is 19.9 Å². The van der Waals surface area contributed by atoms with Crippen LogP contribution in [0, 0.1) is 19.9 Å². The van der Waals surface area contributed by atoms with Gasteiger partial charge in [0.25, 0.3) is 0 Å². The van der Waals surface area contributed by atoms with Crippen molar-refractivity contribution < 1.29 is 20.1 Å². The van der Waals surface area contributed by atoms with Crippen LogP contribution in [0.1, 0.15) is 116 Å². The van der Waals surface area contributed by atoms with E-state index in [9.17, 15) is 0 Å². The fourth-order valence-electron chi connectivity index (χ4n) is 9.37. The molecule has 0 saturated heterocycles. The third-order valence-corrected chi connectivity index (χ3v) is 13.8. The van der Waals surface area contributed by atoms with Crippen molar-refractivity contribution in [1.82, 2.24) is 19.9 Å². The molecule has 0 N–H and O–H groups in total. The maximum Gasteiger partial charge on any atom is 0.165 e. The molecule has 2 aromatic heterocycles. The average molecular weight is 1130 g/mol. The van der Waals surface area contributed by atoms with E-state index in [-0.39, 0.29) is 41.8 Å². The monoisotopic (exact) mass is 1130 g/mol. The van der Waals surface area contributed by atoms with Gasteiger partial charge in [-0.1, -0.05) is 232 Å². The van der Waals surface area contributed by atoms with Crippen LogP contribution < -0.4 is 0 Å². The average Bonchev–Trinajstić information content (AvgIpc) is 3.35. The van der Waals surface area contributed by atoms with Gasteiger partial charge in [-0.3, -0.25) is 0 Å². The predicted octanol–water partition coefficient (Wildman–Crippen LogP) is 18.2. The first-order chi connectivity index (χ1) is 34.0. The fraction of sp³-hybridized carbons (Fsp3) is 0.265. The molecule has 0 amide bonds. The first kappa shape index (κ1) is 52.7. The first-order valence-corrected chi connectivity index (χ1v) is 25.4. The van der Waals surface area contributed by atoms with Crippen molar-refractivity contribution in [2.45, 2.75) is 119 Å². The second-order valence-electron chi connectivity index (χ2n) is 23.9. The summed E-state index contributed by atoms with van der Waals surface area (Å²) in [5.74, 6) is 1.86. The van der Waals surface area contributed by atoms with Gasteiger partial charge in [0.2, 0.25) is 0 Å². The number of nitrogens with zero attached hydrogens (tertiary/aromatic N) is 4. The minimum Gasteiger partial charge on any atom is -0.304 e. The quantitative estimate of drug-likeness (QED) is 0.142. The molecule has 9 rings (SSSR count).